The van der Waals surface area contributed by atoms with Crippen LogP contribution in [-0.4, -0.2) is 14.8 Å². The standard InChI is InChI=1S/C12H14ClN3/c1-8-6-12(5-4-11(8)7-13)16-10(3)14-9(2)15-16/h4-6H,7H2,1-3H3. The lowest BCUT2D eigenvalue weighted by Gasteiger charge is -2.07. The number of hydrogen-bond acceptors (Lipinski definition) is 2. The minimum atomic E-state index is 0.543. The van der Waals surface area contributed by atoms with Crippen LogP contribution in [0.25, 0.3) is 5.69 Å². The lowest BCUT2D eigenvalue weighted by molar-refractivity contribution is 0.829. The molecule has 2 rings (SSSR count). The smallest absolute Gasteiger partial charge is 0.148 e. The average molecular weight is 236 g/mol. The van der Waals surface area contributed by atoms with Crippen molar-refractivity contribution in [2.24, 2.45) is 0 Å². The number of halogens is 1. The van der Waals surface area contributed by atoms with Crippen molar-refractivity contribution in [3.8, 4) is 5.69 Å². The molecule has 0 spiro atoms. The normalized spacial score (nSPS) is 10.8. The monoisotopic (exact) mass is 235 g/mol. The Kier molecular flexibility index (Phi) is 2.97. The molecule has 0 fully saturated rings. The first-order valence-electron chi connectivity index (χ1n) is 5.18. The summed E-state index contributed by atoms with van der Waals surface area (Å²) >= 11 is 5.83. The number of aromatic nitrogens is 3. The van der Waals surface area contributed by atoms with E-state index in [0.29, 0.717) is 5.88 Å². The Morgan fingerprint density at radius 3 is 2.50 bits per heavy atom. The predicted molar refractivity (Wildman–Crippen MR) is 65.1 cm³/mol. The van der Waals surface area contributed by atoms with E-state index in [-0.39, 0.29) is 0 Å². The minimum Gasteiger partial charge on any atom is -0.218 e. The molecule has 1 aromatic heterocycles. The van der Waals surface area contributed by atoms with Gasteiger partial charge in [-0.05, 0) is 44.0 Å². The lowest BCUT2D eigenvalue weighted by atomic mass is 10.1. The third kappa shape index (κ3) is 1.95. The molecule has 0 aliphatic carbocycles. The van der Waals surface area contributed by atoms with E-state index < -0.39 is 0 Å². The van der Waals surface area contributed by atoms with Crippen molar-refractivity contribution in [1.29, 1.82) is 0 Å². The largest absolute Gasteiger partial charge is 0.218 e. The molecule has 16 heavy (non-hydrogen) atoms. The van der Waals surface area contributed by atoms with Crippen LogP contribution in [0, 0.1) is 20.8 Å². The number of nitrogens with zero attached hydrogens (tertiary/aromatic N) is 3. The molecule has 0 atom stereocenters. The first kappa shape index (κ1) is 11.1. The molecule has 0 N–H and O–H groups in total. The highest BCUT2D eigenvalue weighted by Gasteiger charge is 2.06. The van der Waals surface area contributed by atoms with Crippen LogP contribution >= 0.6 is 11.6 Å². The summed E-state index contributed by atoms with van der Waals surface area (Å²) in [6.45, 7) is 5.90. The Morgan fingerprint density at radius 1 is 1.25 bits per heavy atom. The fourth-order valence-electron chi connectivity index (χ4n) is 1.73. The summed E-state index contributed by atoms with van der Waals surface area (Å²) in [6.07, 6.45) is 0. The van der Waals surface area contributed by atoms with Gasteiger partial charge >= 0.3 is 0 Å². The van der Waals surface area contributed by atoms with Crippen LogP contribution in [-0.2, 0) is 5.88 Å². The van der Waals surface area contributed by atoms with Gasteiger partial charge in [0.25, 0.3) is 0 Å². The average Bonchev–Trinajstić information content (AvgIpc) is 2.58. The van der Waals surface area contributed by atoms with Gasteiger partial charge in [0.2, 0.25) is 0 Å². The zero-order valence-corrected chi connectivity index (χ0v) is 10.4. The zero-order chi connectivity index (χ0) is 11.7. The van der Waals surface area contributed by atoms with Crippen LogP contribution < -0.4 is 0 Å². The van der Waals surface area contributed by atoms with E-state index in [1.165, 1.54) is 5.56 Å². The molecule has 0 saturated heterocycles. The molecule has 0 radical (unpaired) electrons. The van der Waals surface area contributed by atoms with Crippen LogP contribution in [0.15, 0.2) is 18.2 Å². The van der Waals surface area contributed by atoms with Gasteiger partial charge in [0.05, 0.1) is 5.69 Å². The van der Waals surface area contributed by atoms with E-state index in [1.807, 2.05) is 30.7 Å². The van der Waals surface area contributed by atoms with Gasteiger partial charge in [-0.1, -0.05) is 6.07 Å². The fraction of sp³-hybridized carbons (Fsp3) is 0.333. The summed E-state index contributed by atoms with van der Waals surface area (Å²) < 4.78 is 1.85. The number of alkyl halides is 1. The third-order valence-corrected chi connectivity index (χ3v) is 2.88. The van der Waals surface area contributed by atoms with Gasteiger partial charge in [-0.15, -0.1) is 11.6 Å². The molecule has 4 heteroatoms. The molecule has 84 valence electrons. The molecule has 3 nitrogen and oxygen atoms in total. The second-order valence-electron chi connectivity index (χ2n) is 3.86. The topological polar surface area (TPSA) is 30.7 Å². The Labute approximate surface area is 100 Å². The summed E-state index contributed by atoms with van der Waals surface area (Å²) in [5.41, 5.74) is 3.37. The molecule has 0 bridgehead atoms. The van der Waals surface area contributed by atoms with Crippen LogP contribution in [0.3, 0.4) is 0 Å². The molecule has 1 heterocycles. The van der Waals surface area contributed by atoms with Crippen LogP contribution in [0.5, 0.6) is 0 Å². The van der Waals surface area contributed by atoms with Gasteiger partial charge in [0.1, 0.15) is 11.6 Å². The quantitative estimate of drug-likeness (QED) is 0.750. The van der Waals surface area contributed by atoms with Crippen LogP contribution in [0.4, 0.5) is 0 Å². The summed E-state index contributed by atoms with van der Waals surface area (Å²) in [7, 11) is 0. The Hall–Kier alpha value is -1.35. The first-order chi connectivity index (χ1) is 7.61. The lowest BCUT2D eigenvalue weighted by Crippen LogP contribution is -2.00. The van der Waals surface area contributed by atoms with Crippen molar-refractivity contribution in [3.05, 3.63) is 41.0 Å². The van der Waals surface area contributed by atoms with Crippen LogP contribution in [0.2, 0.25) is 0 Å². The zero-order valence-electron chi connectivity index (χ0n) is 9.66. The fourth-order valence-corrected chi connectivity index (χ4v) is 2.03. The van der Waals surface area contributed by atoms with Crippen molar-refractivity contribution in [2.75, 3.05) is 0 Å². The number of rotatable bonds is 2. The van der Waals surface area contributed by atoms with Gasteiger partial charge in [0, 0.05) is 5.88 Å². The van der Waals surface area contributed by atoms with Gasteiger partial charge in [-0.3, -0.25) is 0 Å². The van der Waals surface area contributed by atoms with Gasteiger partial charge in [-0.25, -0.2) is 9.67 Å². The molecular formula is C12H14ClN3. The van der Waals surface area contributed by atoms with E-state index >= 15 is 0 Å². The molecule has 0 unspecified atom stereocenters. The van der Waals surface area contributed by atoms with Crippen molar-refractivity contribution >= 4 is 11.6 Å². The molecular weight excluding hydrogens is 222 g/mol. The molecule has 2 aromatic rings. The van der Waals surface area contributed by atoms with E-state index in [9.17, 15) is 0 Å². The molecule has 1 aromatic carbocycles. The number of aryl methyl sites for hydroxylation is 3. The SMILES string of the molecule is Cc1nc(C)n(-c2ccc(CCl)c(C)c2)n1. The van der Waals surface area contributed by atoms with Crippen molar-refractivity contribution in [3.63, 3.8) is 0 Å². The maximum Gasteiger partial charge on any atom is 0.148 e. The molecule has 0 amide bonds. The van der Waals surface area contributed by atoms with Crippen molar-refractivity contribution in [2.45, 2.75) is 26.7 Å². The number of benzene rings is 1. The summed E-state index contributed by atoms with van der Waals surface area (Å²) in [4.78, 5) is 4.29. The maximum absolute atomic E-state index is 5.83. The maximum atomic E-state index is 5.83. The number of hydrogen-bond donors (Lipinski definition) is 0. The molecule has 0 aliphatic rings. The summed E-state index contributed by atoms with van der Waals surface area (Å²) in [6, 6.07) is 6.14. The van der Waals surface area contributed by atoms with Crippen molar-refractivity contribution in [1.82, 2.24) is 14.8 Å². The Morgan fingerprint density at radius 2 is 2.00 bits per heavy atom. The van der Waals surface area contributed by atoms with E-state index in [1.54, 1.807) is 0 Å². The molecule has 0 saturated carbocycles. The van der Waals surface area contributed by atoms with E-state index in [0.717, 1.165) is 22.9 Å². The summed E-state index contributed by atoms with van der Waals surface area (Å²) in [5, 5.41) is 4.35. The summed E-state index contributed by atoms with van der Waals surface area (Å²) in [5.74, 6) is 2.23. The predicted octanol–water partition coefficient (Wildman–Crippen LogP) is 2.93. The first-order valence-corrected chi connectivity index (χ1v) is 5.71. The Balaban J connectivity index is 2.49. The molecule has 0 aliphatic heterocycles. The second-order valence-corrected chi connectivity index (χ2v) is 4.13. The van der Waals surface area contributed by atoms with Gasteiger partial charge < -0.3 is 0 Å². The highest BCUT2D eigenvalue weighted by Crippen LogP contribution is 2.16. The highest BCUT2D eigenvalue weighted by molar-refractivity contribution is 6.17. The van der Waals surface area contributed by atoms with E-state index in [2.05, 4.69) is 23.1 Å². The van der Waals surface area contributed by atoms with Crippen molar-refractivity contribution < 1.29 is 0 Å². The second kappa shape index (κ2) is 4.26. The van der Waals surface area contributed by atoms with Crippen LogP contribution in [0.1, 0.15) is 22.8 Å². The Bertz CT molecular complexity index is 517. The van der Waals surface area contributed by atoms with Gasteiger partial charge in [-0.2, -0.15) is 5.10 Å². The minimum absolute atomic E-state index is 0.543. The third-order valence-electron chi connectivity index (χ3n) is 2.59. The van der Waals surface area contributed by atoms with E-state index in [4.69, 9.17) is 11.6 Å². The van der Waals surface area contributed by atoms with Gasteiger partial charge in [0.15, 0.2) is 0 Å². The highest BCUT2D eigenvalue weighted by atomic mass is 35.5.